The molecule has 1 saturated heterocycles. The van der Waals surface area contributed by atoms with Crippen LogP contribution < -0.4 is 4.90 Å². The lowest BCUT2D eigenvalue weighted by Gasteiger charge is -2.34. The smallest absolute Gasteiger partial charge is 0.241 e. The number of carbonyl (C=O) groups is 2. The Morgan fingerprint density at radius 3 is 2.48 bits per heavy atom. The summed E-state index contributed by atoms with van der Waals surface area (Å²) >= 11 is 0. The molecule has 0 aliphatic carbocycles. The first-order chi connectivity index (χ1) is 10.1. The van der Waals surface area contributed by atoms with E-state index in [4.69, 9.17) is 0 Å². The monoisotopic (exact) mass is 287 g/mol. The predicted octanol–water partition coefficient (Wildman–Crippen LogP) is 0.740. The Bertz CT molecular complexity index is 550. The van der Waals surface area contributed by atoms with Gasteiger partial charge in [-0.1, -0.05) is 18.2 Å². The van der Waals surface area contributed by atoms with Gasteiger partial charge in [0.05, 0.1) is 6.54 Å². The van der Waals surface area contributed by atoms with Crippen LogP contribution in [0.4, 0.5) is 5.69 Å². The van der Waals surface area contributed by atoms with E-state index in [-0.39, 0.29) is 11.8 Å². The third kappa shape index (κ3) is 2.93. The van der Waals surface area contributed by atoms with E-state index in [1.165, 1.54) is 5.56 Å². The van der Waals surface area contributed by atoms with E-state index < -0.39 is 0 Å². The highest BCUT2D eigenvalue weighted by Crippen LogP contribution is 2.27. The third-order valence-corrected chi connectivity index (χ3v) is 4.36. The summed E-state index contributed by atoms with van der Waals surface area (Å²) in [5, 5.41) is 0. The molecular weight excluding hydrogens is 266 g/mol. The summed E-state index contributed by atoms with van der Waals surface area (Å²) in [6, 6.07) is 8.12. The van der Waals surface area contributed by atoms with Gasteiger partial charge in [-0.2, -0.15) is 0 Å². The summed E-state index contributed by atoms with van der Waals surface area (Å²) < 4.78 is 0. The summed E-state index contributed by atoms with van der Waals surface area (Å²) in [7, 11) is 0. The van der Waals surface area contributed by atoms with Gasteiger partial charge in [-0.15, -0.1) is 0 Å². The Balaban J connectivity index is 1.57. The largest absolute Gasteiger partial charge is 0.340 e. The maximum atomic E-state index is 12.5. The minimum atomic E-state index is 0.120. The van der Waals surface area contributed by atoms with Crippen LogP contribution in [0.2, 0.25) is 0 Å². The zero-order chi connectivity index (χ0) is 14.8. The molecule has 5 heteroatoms. The molecule has 0 bridgehead atoms. The number of nitrogens with zero attached hydrogens (tertiary/aromatic N) is 3. The van der Waals surface area contributed by atoms with Crippen molar-refractivity contribution in [3.05, 3.63) is 29.8 Å². The molecule has 5 nitrogen and oxygen atoms in total. The predicted molar refractivity (Wildman–Crippen MR) is 81.2 cm³/mol. The van der Waals surface area contributed by atoms with Crippen LogP contribution in [0.15, 0.2) is 24.3 Å². The van der Waals surface area contributed by atoms with Crippen molar-refractivity contribution in [2.45, 2.75) is 13.3 Å². The number of fused-ring (bicyclic) bond motifs is 1. The van der Waals surface area contributed by atoms with Crippen molar-refractivity contribution in [3.63, 3.8) is 0 Å². The number of piperazine rings is 1. The zero-order valence-electron chi connectivity index (χ0n) is 12.4. The van der Waals surface area contributed by atoms with Crippen molar-refractivity contribution in [2.75, 3.05) is 44.2 Å². The normalized spacial score (nSPS) is 18.7. The summed E-state index contributed by atoms with van der Waals surface area (Å²) in [5.74, 6) is 0.283. The van der Waals surface area contributed by atoms with Crippen LogP contribution in [0.1, 0.15) is 12.5 Å². The molecule has 2 aliphatic heterocycles. The van der Waals surface area contributed by atoms with Crippen molar-refractivity contribution in [1.82, 2.24) is 9.80 Å². The van der Waals surface area contributed by atoms with E-state index >= 15 is 0 Å². The van der Waals surface area contributed by atoms with Gasteiger partial charge in [0, 0.05) is 45.3 Å². The van der Waals surface area contributed by atoms with Crippen molar-refractivity contribution in [1.29, 1.82) is 0 Å². The number of hydrogen-bond donors (Lipinski definition) is 0. The molecule has 0 unspecified atom stereocenters. The molecule has 112 valence electrons. The summed E-state index contributed by atoms with van der Waals surface area (Å²) in [5.41, 5.74) is 2.32. The maximum absolute atomic E-state index is 12.5. The quantitative estimate of drug-likeness (QED) is 0.806. The average molecular weight is 287 g/mol. The number of para-hydroxylation sites is 1. The SMILES string of the molecule is CC(=O)N1CCN(CC(=O)N2CCc3ccccc32)CC1. The van der Waals surface area contributed by atoms with Gasteiger partial charge in [0.1, 0.15) is 0 Å². The first kappa shape index (κ1) is 14.1. The van der Waals surface area contributed by atoms with Gasteiger partial charge in [0.25, 0.3) is 0 Å². The van der Waals surface area contributed by atoms with Crippen LogP contribution in [0.25, 0.3) is 0 Å². The van der Waals surface area contributed by atoms with E-state index in [0.717, 1.165) is 44.8 Å². The van der Waals surface area contributed by atoms with E-state index in [1.54, 1.807) is 6.92 Å². The van der Waals surface area contributed by atoms with Gasteiger partial charge in [-0.3, -0.25) is 14.5 Å². The first-order valence-corrected chi connectivity index (χ1v) is 7.51. The molecule has 0 spiro atoms. The second-order valence-corrected chi connectivity index (χ2v) is 5.71. The van der Waals surface area contributed by atoms with Gasteiger partial charge >= 0.3 is 0 Å². The highest BCUT2D eigenvalue weighted by Gasteiger charge is 2.27. The number of hydrogen-bond acceptors (Lipinski definition) is 3. The molecule has 0 atom stereocenters. The van der Waals surface area contributed by atoms with Crippen LogP contribution in [0, 0.1) is 0 Å². The lowest BCUT2D eigenvalue weighted by Crippen LogP contribution is -2.51. The lowest BCUT2D eigenvalue weighted by molar-refractivity contribution is -0.130. The number of rotatable bonds is 2. The first-order valence-electron chi connectivity index (χ1n) is 7.51. The molecular formula is C16H21N3O2. The molecule has 1 fully saturated rings. The van der Waals surface area contributed by atoms with Gasteiger partial charge in [0.2, 0.25) is 11.8 Å². The Morgan fingerprint density at radius 2 is 1.76 bits per heavy atom. The molecule has 3 rings (SSSR count). The fourth-order valence-electron chi connectivity index (χ4n) is 3.09. The molecule has 2 heterocycles. The van der Waals surface area contributed by atoms with E-state index in [2.05, 4.69) is 11.0 Å². The number of anilines is 1. The molecule has 2 amide bonds. The standard InChI is InChI=1S/C16H21N3O2/c1-13(20)18-10-8-17(9-11-18)12-16(21)19-7-6-14-4-2-3-5-15(14)19/h2-5H,6-12H2,1H3. The van der Waals surface area contributed by atoms with Crippen molar-refractivity contribution < 1.29 is 9.59 Å². The van der Waals surface area contributed by atoms with Crippen LogP contribution in [-0.4, -0.2) is 60.9 Å². The second-order valence-electron chi connectivity index (χ2n) is 5.71. The Hall–Kier alpha value is -1.88. The van der Waals surface area contributed by atoms with Gasteiger partial charge < -0.3 is 9.80 Å². The molecule has 1 aromatic rings. The van der Waals surface area contributed by atoms with Gasteiger partial charge in [-0.25, -0.2) is 0 Å². The molecule has 0 aromatic heterocycles. The van der Waals surface area contributed by atoms with E-state index in [0.29, 0.717) is 6.54 Å². The van der Waals surface area contributed by atoms with Gasteiger partial charge in [0.15, 0.2) is 0 Å². The second kappa shape index (κ2) is 5.85. The molecule has 2 aliphatic rings. The molecule has 0 N–H and O–H groups in total. The summed E-state index contributed by atoms with van der Waals surface area (Å²) in [6.07, 6.45) is 0.944. The number of amides is 2. The number of carbonyl (C=O) groups excluding carboxylic acids is 2. The minimum absolute atomic E-state index is 0.120. The highest BCUT2D eigenvalue weighted by molar-refractivity contribution is 5.96. The zero-order valence-corrected chi connectivity index (χ0v) is 12.4. The topological polar surface area (TPSA) is 43.9 Å². The molecule has 21 heavy (non-hydrogen) atoms. The van der Waals surface area contributed by atoms with Crippen molar-refractivity contribution >= 4 is 17.5 Å². The summed E-state index contributed by atoms with van der Waals surface area (Å²) in [6.45, 7) is 5.83. The van der Waals surface area contributed by atoms with Crippen LogP contribution >= 0.6 is 0 Å². The average Bonchev–Trinajstić information content (AvgIpc) is 2.92. The molecule has 1 aromatic carbocycles. The fraction of sp³-hybridized carbons (Fsp3) is 0.500. The van der Waals surface area contributed by atoms with Crippen molar-refractivity contribution in [2.24, 2.45) is 0 Å². The van der Waals surface area contributed by atoms with Gasteiger partial charge in [-0.05, 0) is 18.1 Å². The Kier molecular flexibility index (Phi) is 3.92. The van der Waals surface area contributed by atoms with Crippen LogP contribution in [0.3, 0.4) is 0 Å². The van der Waals surface area contributed by atoms with Crippen LogP contribution in [-0.2, 0) is 16.0 Å². The lowest BCUT2D eigenvalue weighted by atomic mass is 10.2. The number of benzene rings is 1. The molecule has 0 radical (unpaired) electrons. The minimum Gasteiger partial charge on any atom is -0.340 e. The third-order valence-electron chi connectivity index (χ3n) is 4.36. The van der Waals surface area contributed by atoms with Crippen LogP contribution in [0.5, 0.6) is 0 Å². The Labute approximate surface area is 125 Å². The summed E-state index contributed by atoms with van der Waals surface area (Å²) in [4.78, 5) is 29.7. The fourth-order valence-corrected chi connectivity index (χ4v) is 3.09. The Morgan fingerprint density at radius 1 is 1.05 bits per heavy atom. The van der Waals surface area contributed by atoms with E-state index in [1.807, 2.05) is 28.0 Å². The van der Waals surface area contributed by atoms with E-state index in [9.17, 15) is 9.59 Å². The maximum Gasteiger partial charge on any atom is 0.241 e. The van der Waals surface area contributed by atoms with Crippen molar-refractivity contribution in [3.8, 4) is 0 Å². The highest BCUT2D eigenvalue weighted by atomic mass is 16.2. The molecule has 0 saturated carbocycles.